The van der Waals surface area contributed by atoms with Crippen molar-refractivity contribution in [2.24, 2.45) is 0 Å². The normalized spacial score (nSPS) is 11.3. The van der Waals surface area contributed by atoms with Gasteiger partial charge in [-0.2, -0.15) is 0 Å². The van der Waals surface area contributed by atoms with Crippen LogP contribution in [-0.2, 0) is 0 Å². The summed E-state index contributed by atoms with van der Waals surface area (Å²) in [6.45, 7) is 8.79. The third kappa shape index (κ3) is 1.67. The first-order chi connectivity index (χ1) is 7.50. The van der Waals surface area contributed by atoms with E-state index in [1.165, 1.54) is 27.5 Å². The topological polar surface area (TPSA) is 26.0 Å². The number of hydrogen-bond acceptors (Lipinski definition) is 1. The summed E-state index contributed by atoms with van der Waals surface area (Å²) < 4.78 is 0. The molecule has 0 saturated heterocycles. The second kappa shape index (κ2) is 3.82. The Labute approximate surface area is 97.3 Å². The van der Waals surface area contributed by atoms with Crippen molar-refractivity contribution in [3.05, 3.63) is 41.0 Å². The molecular formula is C15H19N. The van der Waals surface area contributed by atoms with Crippen LogP contribution in [0.25, 0.3) is 10.8 Å². The molecule has 0 atom stereocenters. The predicted octanol–water partition coefficient (Wildman–Crippen LogP) is 4.16. The molecule has 0 aliphatic heterocycles. The molecule has 0 bridgehead atoms. The van der Waals surface area contributed by atoms with Crippen LogP contribution in [0.3, 0.4) is 0 Å². The molecule has 0 radical (unpaired) electrons. The Morgan fingerprint density at radius 1 is 1.06 bits per heavy atom. The predicted molar refractivity (Wildman–Crippen MR) is 71.9 cm³/mol. The molecule has 1 heteroatoms. The van der Waals surface area contributed by atoms with Gasteiger partial charge < -0.3 is 5.73 Å². The quantitative estimate of drug-likeness (QED) is 0.707. The van der Waals surface area contributed by atoms with Crippen molar-refractivity contribution in [2.75, 3.05) is 5.73 Å². The highest BCUT2D eigenvalue weighted by atomic mass is 14.5. The highest BCUT2D eigenvalue weighted by Gasteiger charge is 2.09. The number of benzene rings is 2. The summed E-state index contributed by atoms with van der Waals surface area (Å²) >= 11 is 0. The van der Waals surface area contributed by atoms with E-state index in [2.05, 4.69) is 52.0 Å². The minimum Gasteiger partial charge on any atom is -0.399 e. The Bertz CT molecular complexity index is 539. The first kappa shape index (κ1) is 11.0. The third-order valence-electron chi connectivity index (χ3n) is 3.32. The van der Waals surface area contributed by atoms with Crippen LogP contribution < -0.4 is 5.73 Å². The Morgan fingerprint density at radius 3 is 2.38 bits per heavy atom. The summed E-state index contributed by atoms with van der Waals surface area (Å²) in [7, 11) is 0. The second-order valence-electron chi connectivity index (χ2n) is 4.87. The number of nitrogens with two attached hydrogens (primary N) is 1. The van der Waals surface area contributed by atoms with E-state index in [9.17, 15) is 0 Å². The summed E-state index contributed by atoms with van der Waals surface area (Å²) in [6, 6.07) is 8.51. The molecule has 0 aromatic heterocycles. The van der Waals surface area contributed by atoms with Crippen LogP contribution in [0.5, 0.6) is 0 Å². The molecule has 0 aliphatic rings. The number of rotatable bonds is 1. The number of hydrogen-bond donors (Lipinski definition) is 1. The van der Waals surface area contributed by atoms with E-state index >= 15 is 0 Å². The molecule has 84 valence electrons. The van der Waals surface area contributed by atoms with Crippen molar-refractivity contribution < 1.29 is 0 Å². The van der Waals surface area contributed by atoms with Crippen molar-refractivity contribution in [3.63, 3.8) is 0 Å². The molecule has 2 rings (SSSR count). The van der Waals surface area contributed by atoms with Gasteiger partial charge in [-0.3, -0.25) is 0 Å². The van der Waals surface area contributed by atoms with Crippen LogP contribution in [0.15, 0.2) is 24.3 Å². The first-order valence-corrected chi connectivity index (χ1v) is 5.80. The second-order valence-corrected chi connectivity index (χ2v) is 4.87. The summed E-state index contributed by atoms with van der Waals surface area (Å²) in [5, 5.41) is 2.64. The summed E-state index contributed by atoms with van der Waals surface area (Å²) in [6.07, 6.45) is 0. The number of fused-ring (bicyclic) bond motifs is 1. The van der Waals surface area contributed by atoms with Crippen LogP contribution in [-0.4, -0.2) is 0 Å². The van der Waals surface area contributed by atoms with Gasteiger partial charge in [-0.25, -0.2) is 0 Å². The van der Waals surface area contributed by atoms with E-state index in [4.69, 9.17) is 5.73 Å². The first-order valence-electron chi connectivity index (χ1n) is 5.80. The van der Waals surface area contributed by atoms with E-state index in [0.717, 1.165) is 5.69 Å². The molecule has 1 nitrogen and oxygen atoms in total. The number of anilines is 1. The average molecular weight is 213 g/mol. The van der Waals surface area contributed by atoms with E-state index in [1.54, 1.807) is 0 Å². The lowest BCUT2D eigenvalue weighted by atomic mass is 9.91. The molecule has 0 spiro atoms. The third-order valence-corrected chi connectivity index (χ3v) is 3.32. The molecule has 2 aromatic carbocycles. The largest absolute Gasteiger partial charge is 0.399 e. The molecule has 0 unspecified atom stereocenters. The van der Waals surface area contributed by atoms with Crippen molar-refractivity contribution >= 4 is 16.5 Å². The van der Waals surface area contributed by atoms with Gasteiger partial charge in [-0.1, -0.05) is 26.0 Å². The van der Waals surface area contributed by atoms with E-state index in [0.29, 0.717) is 5.92 Å². The Hall–Kier alpha value is -1.50. The van der Waals surface area contributed by atoms with Gasteiger partial charge in [-0.05, 0) is 59.4 Å². The van der Waals surface area contributed by atoms with Crippen LogP contribution in [0.2, 0.25) is 0 Å². The molecule has 16 heavy (non-hydrogen) atoms. The fourth-order valence-corrected chi connectivity index (χ4v) is 2.27. The van der Waals surface area contributed by atoms with Crippen molar-refractivity contribution in [1.82, 2.24) is 0 Å². The summed E-state index contributed by atoms with van der Waals surface area (Å²) in [5.41, 5.74) is 10.9. The van der Waals surface area contributed by atoms with Crippen LogP contribution >= 0.6 is 0 Å². The van der Waals surface area contributed by atoms with Crippen LogP contribution in [0.4, 0.5) is 5.69 Å². The van der Waals surface area contributed by atoms with Crippen molar-refractivity contribution in [3.8, 4) is 0 Å². The molecule has 0 saturated carbocycles. The minimum atomic E-state index is 0.506. The Kier molecular flexibility index (Phi) is 2.63. The molecule has 0 amide bonds. The zero-order chi connectivity index (χ0) is 11.9. The van der Waals surface area contributed by atoms with Gasteiger partial charge in [0.2, 0.25) is 0 Å². The van der Waals surface area contributed by atoms with Gasteiger partial charge in [0.15, 0.2) is 0 Å². The monoisotopic (exact) mass is 213 g/mol. The lowest BCUT2D eigenvalue weighted by Gasteiger charge is -2.15. The van der Waals surface area contributed by atoms with Crippen LogP contribution in [0, 0.1) is 13.8 Å². The maximum absolute atomic E-state index is 5.95. The van der Waals surface area contributed by atoms with E-state index < -0.39 is 0 Å². The lowest BCUT2D eigenvalue weighted by molar-refractivity contribution is 0.876. The Morgan fingerprint density at radius 2 is 1.75 bits per heavy atom. The van der Waals surface area contributed by atoms with E-state index in [-0.39, 0.29) is 0 Å². The number of nitrogen functional groups attached to an aromatic ring is 1. The fourth-order valence-electron chi connectivity index (χ4n) is 2.27. The highest BCUT2D eigenvalue weighted by Crippen LogP contribution is 2.31. The molecule has 2 N–H and O–H groups in total. The maximum atomic E-state index is 5.95. The molecule has 0 heterocycles. The fraction of sp³-hybridized carbons (Fsp3) is 0.333. The zero-order valence-electron chi connectivity index (χ0n) is 10.5. The molecule has 2 aromatic rings. The van der Waals surface area contributed by atoms with Gasteiger partial charge >= 0.3 is 0 Å². The molecule has 0 fully saturated rings. The van der Waals surface area contributed by atoms with Gasteiger partial charge in [0.1, 0.15) is 0 Å². The highest BCUT2D eigenvalue weighted by molar-refractivity contribution is 5.92. The van der Waals surface area contributed by atoms with Crippen molar-refractivity contribution in [1.29, 1.82) is 0 Å². The summed E-state index contributed by atoms with van der Waals surface area (Å²) in [4.78, 5) is 0. The Balaban J connectivity index is 2.92. The van der Waals surface area contributed by atoms with Gasteiger partial charge in [0.05, 0.1) is 0 Å². The standard InChI is InChI=1S/C15H19N/c1-9(2)14-8-13(16)7-12-6-5-10(3)11(4)15(12)14/h5-9H,16H2,1-4H3. The summed E-state index contributed by atoms with van der Waals surface area (Å²) in [5.74, 6) is 0.506. The van der Waals surface area contributed by atoms with Gasteiger partial charge in [0, 0.05) is 5.69 Å². The average Bonchev–Trinajstić information content (AvgIpc) is 2.22. The smallest absolute Gasteiger partial charge is 0.0323 e. The van der Waals surface area contributed by atoms with E-state index in [1.807, 2.05) is 0 Å². The number of aryl methyl sites for hydroxylation is 2. The zero-order valence-corrected chi connectivity index (χ0v) is 10.5. The SMILES string of the molecule is Cc1ccc2cc(N)cc(C(C)C)c2c1C. The van der Waals surface area contributed by atoms with Gasteiger partial charge in [-0.15, -0.1) is 0 Å². The lowest BCUT2D eigenvalue weighted by Crippen LogP contribution is -1.96. The molecule has 0 aliphatic carbocycles. The maximum Gasteiger partial charge on any atom is 0.0323 e. The van der Waals surface area contributed by atoms with Crippen molar-refractivity contribution in [2.45, 2.75) is 33.6 Å². The van der Waals surface area contributed by atoms with Gasteiger partial charge in [0.25, 0.3) is 0 Å². The van der Waals surface area contributed by atoms with Crippen LogP contribution in [0.1, 0.15) is 36.5 Å². The molecular weight excluding hydrogens is 194 g/mol. The minimum absolute atomic E-state index is 0.506.